The molecule has 0 aromatic heterocycles. The van der Waals surface area contributed by atoms with Gasteiger partial charge < -0.3 is 5.73 Å². The lowest BCUT2D eigenvalue weighted by molar-refractivity contribution is 0.414. The van der Waals surface area contributed by atoms with Crippen molar-refractivity contribution < 1.29 is 0 Å². The van der Waals surface area contributed by atoms with Gasteiger partial charge in [-0.05, 0) is 37.5 Å². The third-order valence-corrected chi connectivity index (χ3v) is 4.10. The van der Waals surface area contributed by atoms with E-state index < -0.39 is 0 Å². The number of rotatable bonds is 6. The number of allylic oxidation sites excluding steroid dienone is 2. The molecule has 0 aromatic carbocycles. The van der Waals surface area contributed by atoms with E-state index in [9.17, 15) is 0 Å². The molecule has 0 bridgehead atoms. The fourth-order valence-corrected chi connectivity index (χ4v) is 2.75. The summed E-state index contributed by atoms with van der Waals surface area (Å²) >= 11 is 0. The zero-order valence-corrected chi connectivity index (χ0v) is 11.2. The summed E-state index contributed by atoms with van der Waals surface area (Å²) in [5.74, 6) is 1.66. The molecule has 2 N–H and O–H groups in total. The second-order valence-corrected chi connectivity index (χ2v) is 5.36. The van der Waals surface area contributed by atoms with Crippen LogP contribution in [0.3, 0.4) is 0 Å². The van der Waals surface area contributed by atoms with Crippen LogP contribution in [0.15, 0.2) is 11.8 Å². The van der Waals surface area contributed by atoms with E-state index in [1.54, 1.807) is 0 Å². The van der Waals surface area contributed by atoms with Crippen molar-refractivity contribution in [1.29, 1.82) is 0 Å². The highest BCUT2D eigenvalue weighted by Gasteiger charge is 2.11. The fraction of sp³-hybridized carbons (Fsp3) is 0.867. The maximum Gasteiger partial charge on any atom is 0.00428 e. The van der Waals surface area contributed by atoms with Crippen LogP contribution >= 0.6 is 0 Å². The second kappa shape index (κ2) is 7.76. The summed E-state index contributed by atoms with van der Waals surface area (Å²) in [4.78, 5) is 0. The molecule has 0 radical (unpaired) electrons. The standard InChI is InChI=1S/C15H29N/c1-3-13(4-2)10-11-15(16)12-14-8-6-5-7-9-14/h12-14H,3-11,16H2,1-2H3/b15-12+. The molecule has 16 heavy (non-hydrogen) atoms. The molecule has 0 unspecified atom stereocenters. The summed E-state index contributed by atoms with van der Waals surface area (Å²) in [6.07, 6.45) is 14.3. The summed E-state index contributed by atoms with van der Waals surface area (Å²) in [5, 5.41) is 0. The first kappa shape index (κ1) is 13.6. The molecule has 1 aliphatic rings. The van der Waals surface area contributed by atoms with Gasteiger partial charge in [0.1, 0.15) is 0 Å². The molecular weight excluding hydrogens is 194 g/mol. The lowest BCUT2D eigenvalue weighted by Gasteiger charge is -2.19. The van der Waals surface area contributed by atoms with Gasteiger partial charge in [0, 0.05) is 5.70 Å². The van der Waals surface area contributed by atoms with Crippen LogP contribution in [0, 0.1) is 11.8 Å². The minimum Gasteiger partial charge on any atom is -0.402 e. The smallest absolute Gasteiger partial charge is 0.00428 e. The lowest BCUT2D eigenvalue weighted by atomic mass is 9.88. The Labute approximate surface area is 101 Å². The first-order valence-electron chi connectivity index (χ1n) is 7.22. The van der Waals surface area contributed by atoms with Crippen molar-refractivity contribution in [3.05, 3.63) is 11.8 Å². The van der Waals surface area contributed by atoms with Gasteiger partial charge in [0.25, 0.3) is 0 Å². The van der Waals surface area contributed by atoms with Crippen LogP contribution in [-0.4, -0.2) is 0 Å². The molecule has 0 saturated heterocycles. The molecule has 1 nitrogen and oxygen atoms in total. The average molecular weight is 223 g/mol. The first-order chi connectivity index (χ1) is 7.76. The quantitative estimate of drug-likeness (QED) is 0.698. The van der Waals surface area contributed by atoms with Crippen LogP contribution in [0.2, 0.25) is 0 Å². The maximum atomic E-state index is 6.12. The highest BCUT2D eigenvalue weighted by Crippen LogP contribution is 2.26. The molecule has 1 aliphatic carbocycles. The van der Waals surface area contributed by atoms with E-state index >= 15 is 0 Å². The van der Waals surface area contributed by atoms with Gasteiger partial charge >= 0.3 is 0 Å². The molecule has 1 fully saturated rings. The Hall–Kier alpha value is -0.460. The summed E-state index contributed by atoms with van der Waals surface area (Å²) < 4.78 is 0. The lowest BCUT2D eigenvalue weighted by Crippen LogP contribution is -2.08. The normalized spacial score (nSPS) is 19.3. The molecular formula is C15H29N. The van der Waals surface area contributed by atoms with Gasteiger partial charge in [-0.3, -0.25) is 0 Å². The van der Waals surface area contributed by atoms with E-state index in [4.69, 9.17) is 5.73 Å². The van der Waals surface area contributed by atoms with Crippen molar-refractivity contribution in [3.8, 4) is 0 Å². The van der Waals surface area contributed by atoms with Gasteiger partial charge in [0.05, 0.1) is 0 Å². The average Bonchev–Trinajstić information content (AvgIpc) is 2.31. The van der Waals surface area contributed by atoms with Crippen molar-refractivity contribution in [1.82, 2.24) is 0 Å². The van der Waals surface area contributed by atoms with Crippen LogP contribution in [0.5, 0.6) is 0 Å². The summed E-state index contributed by atoms with van der Waals surface area (Å²) in [6.45, 7) is 4.57. The number of hydrogen-bond donors (Lipinski definition) is 1. The van der Waals surface area contributed by atoms with E-state index in [1.165, 1.54) is 51.4 Å². The molecule has 94 valence electrons. The molecule has 0 aliphatic heterocycles. The highest BCUT2D eigenvalue weighted by molar-refractivity contribution is 5.00. The third kappa shape index (κ3) is 5.05. The molecule has 1 saturated carbocycles. The Bertz CT molecular complexity index is 197. The van der Waals surface area contributed by atoms with Crippen molar-refractivity contribution in [2.24, 2.45) is 17.6 Å². The van der Waals surface area contributed by atoms with Gasteiger partial charge in [-0.2, -0.15) is 0 Å². The highest BCUT2D eigenvalue weighted by atomic mass is 14.6. The van der Waals surface area contributed by atoms with Crippen LogP contribution in [0.4, 0.5) is 0 Å². The van der Waals surface area contributed by atoms with E-state index in [0.29, 0.717) is 0 Å². The predicted octanol–water partition coefficient (Wildman–Crippen LogP) is 4.63. The van der Waals surface area contributed by atoms with Gasteiger partial charge in [0.2, 0.25) is 0 Å². The summed E-state index contributed by atoms with van der Waals surface area (Å²) in [6, 6.07) is 0. The SMILES string of the molecule is CCC(CC)CC/C(N)=C\C1CCCCC1. The Balaban J connectivity index is 2.26. The van der Waals surface area contributed by atoms with E-state index in [1.807, 2.05) is 0 Å². The van der Waals surface area contributed by atoms with Crippen LogP contribution in [0.1, 0.15) is 71.6 Å². The molecule has 0 amide bonds. The number of hydrogen-bond acceptors (Lipinski definition) is 1. The zero-order valence-electron chi connectivity index (χ0n) is 11.2. The first-order valence-corrected chi connectivity index (χ1v) is 7.22. The van der Waals surface area contributed by atoms with E-state index in [2.05, 4.69) is 19.9 Å². The van der Waals surface area contributed by atoms with Crippen LogP contribution < -0.4 is 5.73 Å². The Morgan fingerprint density at radius 1 is 1.19 bits per heavy atom. The maximum absolute atomic E-state index is 6.12. The molecule has 1 heteroatoms. The van der Waals surface area contributed by atoms with Crippen molar-refractivity contribution in [2.45, 2.75) is 71.6 Å². The second-order valence-electron chi connectivity index (χ2n) is 5.36. The van der Waals surface area contributed by atoms with Crippen LogP contribution in [-0.2, 0) is 0 Å². The molecule has 0 spiro atoms. The van der Waals surface area contributed by atoms with Crippen molar-refractivity contribution >= 4 is 0 Å². The molecule has 1 rings (SSSR count). The van der Waals surface area contributed by atoms with Crippen molar-refractivity contribution in [3.63, 3.8) is 0 Å². The van der Waals surface area contributed by atoms with Crippen molar-refractivity contribution in [2.75, 3.05) is 0 Å². The van der Waals surface area contributed by atoms with E-state index in [0.717, 1.165) is 24.0 Å². The van der Waals surface area contributed by atoms with Crippen LogP contribution in [0.25, 0.3) is 0 Å². The van der Waals surface area contributed by atoms with Gasteiger partial charge in [0.15, 0.2) is 0 Å². The zero-order chi connectivity index (χ0) is 11.8. The third-order valence-electron chi connectivity index (χ3n) is 4.10. The van der Waals surface area contributed by atoms with Gasteiger partial charge in [-0.1, -0.05) is 52.0 Å². The number of nitrogens with two attached hydrogens (primary N) is 1. The van der Waals surface area contributed by atoms with Gasteiger partial charge in [-0.25, -0.2) is 0 Å². The molecule has 0 atom stereocenters. The van der Waals surface area contributed by atoms with Gasteiger partial charge in [-0.15, -0.1) is 0 Å². The summed E-state index contributed by atoms with van der Waals surface area (Å²) in [7, 11) is 0. The Morgan fingerprint density at radius 3 is 2.38 bits per heavy atom. The topological polar surface area (TPSA) is 26.0 Å². The minimum absolute atomic E-state index is 0.787. The molecule has 0 heterocycles. The Morgan fingerprint density at radius 2 is 1.81 bits per heavy atom. The summed E-state index contributed by atoms with van der Waals surface area (Å²) in [5.41, 5.74) is 7.28. The minimum atomic E-state index is 0.787. The Kier molecular flexibility index (Phi) is 6.59. The predicted molar refractivity (Wildman–Crippen MR) is 72.2 cm³/mol. The fourth-order valence-electron chi connectivity index (χ4n) is 2.75. The molecule has 0 aromatic rings. The largest absolute Gasteiger partial charge is 0.402 e. The van der Waals surface area contributed by atoms with E-state index in [-0.39, 0.29) is 0 Å². The monoisotopic (exact) mass is 223 g/mol.